The van der Waals surface area contributed by atoms with Crippen molar-refractivity contribution in [1.82, 2.24) is 9.78 Å². The van der Waals surface area contributed by atoms with E-state index in [0.29, 0.717) is 0 Å². The van der Waals surface area contributed by atoms with Gasteiger partial charge in [0.05, 0.1) is 12.6 Å². The lowest BCUT2D eigenvalue weighted by molar-refractivity contribution is -0.585. The van der Waals surface area contributed by atoms with Crippen LogP contribution < -0.4 is 4.57 Å². The van der Waals surface area contributed by atoms with Crippen molar-refractivity contribution in [2.24, 2.45) is 7.05 Å². The largest absolute Gasteiger partial charge is 0.272 e. The van der Waals surface area contributed by atoms with E-state index in [9.17, 15) is 0 Å². The van der Waals surface area contributed by atoms with Crippen LogP contribution in [0.4, 0.5) is 0 Å². The molecule has 0 atom stereocenters. The van der Waals surface area contributed by atoms with Gasteiger partial charge >= 0.3 is 0 Å². The van der Waals surface area contributed by atoms with Crippen molar-refractivity contribution < 1.29 is 4.57 Å². The van der Waals surface area contributed by atoms with Crippen molar-refractivity contribution in [3.8, 4) is 17.1 Å². The van der Waals surface area contributed by atoms with E-state index in [1.807, 2.05) is 18.1 Å². The molecule has 0 aliphatic rings. The maximum absolute atomic E-state index is 4.47. The van der Waals surface area contributed by atoms with Crippen molar-refractivity contribution in [3.63, 3.8) is 0 Å². The van der Waals surface area contributed by atoms with E-state index in [0.717, 1.165) is 5.82 Å². The Bertz CT molecular complexity index is 780. The summed E-state index contributed by atoms with van der Waals surface area (Å²) in [6.07, 6.45) is 1.90. The summed E-state index contributed by atoms with van der Waals surface area (Å²) in [6, 6.07) is 14.8. The van der Waals surface area contributed by atoms with Crippen molar-refractivity contribution in [1.29, 1.82) is 0 Å². The van der Waals surface area contributed by atoms with E-state index in [1.54, 1.807) is 0 Å². The van der Waals surface area contributed by atoms with Gasteiger partial charge in [-0.05, 0) is 43.5 Å². The summed E-state index contributed by atoms with van der Waals surface area (Å²) in [5, 5.41) is 4.47. The molecular weight excluding hydrogens is 258 g/mol. The lowest BCUT2D eigenvalue weighted by Crippen LogP contribution is -2.34. The molecule has 0 radical (unpaired) electrons. The summed E-state index contributed by atoms with van der Waals surface area (Å²) in [7, 11) is 1.99. The van der Waals surface area contributed by atoms with Gasteiger partial charge in [-0.2, -0.15) is 4.57 Å². The molecule has 21 heavy (non-hydrogen) atoms. The normalized spacial score (nSPS) is 10.9. The van der Waals surface area contributed by atoms with Crippen LogP contribution >= 0.6 is 0 Å². The molecule has 3 heteroatoms. The van der Waals surface area contributed by atoms with E-state index in [4.69, 9.17) is 0 Å². The zero-order valence-corrected chi connectivity index (χ0v) is 13.0. The quantitative estimate of drug-likeness (QED) is 0.659. The minimum Gasteiger partial charge on any atom is -0.196 e. The van der Waals surface area contributed by atoms with E-state index in [2.05, 4.69) is 72.9 Å². The topological polar surface area (TPSA) is 21.7 Å². The van der Waals surface area contributed by atoms with Crippen LogP contribution in [0.5, 0.6) is 0 Å². The Morgan fingerprint density at radius 3 is 2.14 bits per heavy atom. The van der Waals surface area contributed by atoms with E-state index >= 15 is 0 Å². The Labute approximate surface area is 125 Å². The van der Waals surface area contributed by atoms with E-state index in [1.165, 1.54) is 27.9 Å². The summed E-state index contributed by atoms with van der Waals surface area (Å²) in [4.78, 5) is 0. The first kappa shape index (κ1) is 13.6. The van der Waals surface area contributed by atoms with Gasteiger partial charge in [0.15, 0.2) is 0 Å². The number of nitrogens with zero attached hydrogens (tertiary/aromatic N) is 3. The molecule has 0 fully saturated rings. The fourth-order valence-electron chi connectivity index (χ4n) is 2.87. The minimum absolute atomic E-state index is 1.10. The molecule has 0 unspecified atom stereocenters. The number of rotatable bonds is 2. The summed E-state index contributed by atoms with van der Waals surface area (Å²) in [5.74, 6) is 1.10. The third-order valence-corrected chi connectivity index (χ3v) is 3.94. The minimum atomic E-state index is 1.10. The number of para-hydroxylation sites is 1. The smallest absolute Gasteiger partial charge is 0.196 e. The molecular formula is C18H20N3+. The van der Waals surface area contributed by atoms with Gasteiger partial charge in [0, 0.05) is 5.10 Å². The second-order valence-electron chi connectivity index (χ2n) is 5.50. The van der Waals surface area contributed by atoms with Crippen molar-refractivity contribution in [2.45, 2.75) is 20.8 Å². The molecule has 0 bridgehead atoms. The summed E-state index contributed by atoms with van der Waals surface area (Å²) in [5.41, 5.74) is 6.18. The van der Waals surface area contributed by atoms with Crippen molar-refractivity contribution in [3.05, 3.63) is 65.5 Å². The Hall–Kier alpha value is -2.42. The standard InChI is InChI=1S/C18H20N3/c1-13-8-5-6-11-16(13)18-20(4)19-12-21(18)17-14(2)9-7-10-15(17)3/h5-12H,1-4H3/q+1. The number of aryl methyl sites for hydroxylation is 4. The van der Waals surface area contributed by atoms with Gasteiger partial charge in [0.25, 0.3) is 12.2 Å². The van der Waals surface area contributed by atoms with Gasteiger partial charge in [-0.25, -0.2) is 0 Å². The Kier molecular flexibility index (Phi) is 3.34. The number of aromatic nitrogens is 3. The monoisotopic (exact) mass is 278 g/mol. The van der Waals surface area contributed by atoms with Crippen molar-refractivity contribution >= 4 is 0 Å². The molecule has 2 aromatic carbocycles. The highest BCUT2D eigenvalue weighted by Gasteiger charge is 2.22. The van der Waals surface area contributed by atoms with Crippen LogP contribution in [0.2, 0.25) is 0 Å². The molecule has 3 nitrogen and oxygen atoms in total. The Morgan fingerprint density at radius 2 is 1.48 bits per heavy atom. The highest BCUT2D eigenvalue weighted by molar-refractivity contribution is 5.58. The summed E-state index contributed by atoms with van der Waals surface area (Å²) in [6.45, 7) is 6.42. The molecule has 3 rings (SSSR count). The molecule has 0 N–H and O–H groups in total. The van der Waals surface area contributed by atoms with E-state index < -0.39 is 0 Å². The zero-order valence-electron chi connectivity index (χ0n) is 13.0. The second kappa shape index (κ2) is 5.17. The molecule has 3 aromatic rings. The van der Waals surface area contributed by atoms with Crippen molar-refractivity contribution in [2.75, 3.05) is 0 Å². The number of hydrogen-bond donors (Lipinski definition) is 0. The van der Waals surface area contributed by atoms with Gasteiger partial charge in [-0.3, -0.25) is 0 Å². The van der Waals surface area contributed by atoms with Gasteiger partial charge < -0.3 is 0 Å². The van der Waals surface area contributed by atoms with Crippen LogP contribution in [0.3, 0.4) is 0 Å². The maximum Gasteiger partial charge on any atom is 0.272 e. The molecule has 106 valence electrons. The Morgan fingerprint density at radius 1 is 0.857 bits per heavy atom. The van der Waals surface area contributed by atoms with Crippen LogP contribution in [0.15, 0.2) is 48.8 Å². The third kappa shape index (κ3) is 2.25. The lowest BCUT2D eigenvalue weighted by atomic mass is 10.1. The average Bonchev–Trinajstić information content (AvgIpc) is 2.81. The molecule has 1 aromatic heterocycles. The Balaban J connectivity index is 2.31. The predicted molar refractivity (Wildman–Crippen MR) is 84.4 cm³/mol. The van der Waals surface area contributed by atoms with Gasteiger partial charge in [0.2, 0.25) is 0 Å². The van der Waals surface area contributed by atoms with Gasteiger partial charge in [-0.15, -0.1) is 4.68 Å². The maximum atomic E-state index is 4.47. The highest BCUT2D eigenvalue weighted by Crippen LogP contribution is 2.22. The number of hydrogen-bond acceptors (Lipinski definition) is 1. The summed E-state index contributed by atoms with van der Waals surface area (Å²) < 4.78 is 4.13. The molecule has 0 aliphatic carbocycles. The second-order valence-corrected chi connectivity index (χ2v) is 5.50. The summed E-state index contributed by atoms with van der Waals surface area (Å²) >= 11 is 0. The molecule has 0 spiro atoms. The average molecular weight is 278 g/mol. The van der Waals surface area contributed by atoms with Crippen LogP contribution in [-0.2, 0) is 7.05 Å². The SMILES string of the molecule is Cc1ccccc1-c1n(C)nc[n+]1-c1c(C)cccc1C. The fraction of sp³-hybridized carbons (Fsp3) is 0.222. The van der Waals surface area contributed by atoms with Gasteiger partial charge in [-0.1, -0.05) is 36.4 Å². The van der Waals surface area contributed by atoms with Crippen LogP contribution in [-0.4, -0.2) is 9.78 Å². The molecule has 1 heterocycles. The first-order valence-electron chi connectivity index (χ1n) is 7.16. The zero-order chi connectivity index (χ0) is 15.0. The van der Waals surface area contributed by atoms with Crippen LogP contribution in [0.1, 0.15) is 16.7 Å². The molecule has 0 saturated heterocycles. The first-order valence-corrected chi connectivity index (χ1v) is 7.16. The predicted octanol–water partition coefficient (Wildman–Crippen LogP) is 3.29. The fourth-order valence-corrected chi connectivity index (χ4v) is 2.87. The molecule has 0 amide bonds. The lowest BCUT2D eigenvalue weighted by Gasteiger charge is -2.10. The van der Waals surface area contributed by atoms with Gasteiger partial charge in [0.1, 0.15) is 5.69 Å². The van der Waals surface area contributed by atoms with Crippen LogP contribution in [0, 0.1) is 20.8 Å². The first-order chi connectivity index (χ1) is 10.1. The third-order valence-electron chi connectivity index (χ3n) is 3.94. The molecule has 0 aliphatic heterocycles. The molecule has 0 saturated carbocycles. The highest BCUT2D eigenvalue weighted by atomic mass is 15.4. The van der Waals surface area contributed by atoms with Crippen LogP contribution in [0.25, 0.3) is 17.1 Å². The number of benzene rings is 2. The van der Waals surface area contributed by atoms with E-state index in [-0.39, 0.29) is 0 Å².